The Bertz CT molecular complexity index is 1560. The Morgan fingerprint density at radius 2 is 1.66 bits per heavy atom. The second-order valence-electron chi connectivity index (χ2n) is 8.49. The van der Waals surface area contributed by atoms with Gasteiger partial charge in [-0.3, -0.25) is 4.79 Å². The molecule has 11 heteroatoms. The lowest BCUT2D eigenvalue weighted by molar-refractivity contribution is 0.0964. The van der Waals surface area contributed by atoms with E-state index >= 15 is 0 Å². The molecule has 4 aromatic rings. The van der Waals surface area contributed by atoms with E-state index in [0.29, 0.717) is 39.5 Å². The third-order valence-electron chi connectivity index (χ3n) is 5.68. The lowest BCUT2D eigenvalue weighted by Crippen LogP contribution is -2.18. The highest BCUT2D eigenvalue weighted by Gasteiger charge is 2.24. The van der Waals surface area contributed by atoms with E-state index in [1.165, 1.54) is 31.3 Å². The summed E-state index contributed by atoms with van der Waals surface area (Å²) < 4.78 is 60.0. The molecule has 0 aliphatic rings. The predicted octanol–water partition coefficient (Wildman–Crippen LogP) is 4.61. The second-order valence-corrected chi connectivity index (χ2v) is 10.6. The molecule has 0 radical (unpaired) electrons. The SMILES string of the molecule is CNC(=O)c1c(-c2ccc(F)cc2)oc2cc(NCS(C)(=O)=O)c(OCc3cc(OC)cc(OC)c3)cc12. The van der Waals surface area contributed by atoms with Crippen molar-refractivity contribution in [3.05, 3.63) is 71.5 Å². The van der Waals surface area contributed by atoms with E-state index in [0.717, 1.165) is 11.8 Å². The first kappa shape index (κ1) is 26.8. The van der Waals surface area contributed by atoms with Crippen LogP contribution in [0.1, 0.15) is 15.9 Å². The fourth-order valence-electron chi connectivity index (χ4n) is 3.86. The van der Waals surface area contributed by atoms with Crippen molar-refractivity contribution in [3.8, 4) is 28.6 Å². The molecule has 1 amide bonds. The molecule has 1 heterocycles. The normalized spacial score (nSPS) is 11.3. The second kappa shape index (κ2) is 11.0. The van der Waals surface area contributed by atoms with E-state index in [1.54, 1.807) is 44.6 Å². The average Bonchev–Trinajstić information content (AvgIpc) is 3.27. The highest BCUT2D eigenvalue weighted by atomic mass is 32.2. The molecule has 0 bridgehead atoms. The van der Waals surface area contributed by atoms with E-state index in [1.807, 2.05) is 0 Å². The van der Waals surface area contributed by atoms with Crippen LogP contribution in [0.2, 0.25) is 0 Å². The Morgan fingerprint density at radius 3 is 2.24 bits per heavy atom. The third kappa shape index (κ3) is 6.00. The number of fused-ring (bicyclic) bond motifs is 1. The van der Waals surface area contributed by atoms with Crippen molar-refractivity contribution in [2.24, 2.45) is 0 Å². The molecule has 2 N–H and O–H groups in total. The number of methoxy groups -OCH3 is 2. The Balaban J connectivity index is 1.83. The summed E-state index contributed by atoms with van der Waals surface area (Å²) in [5.74, 6) is 0.494. The fourth-order valence-corrected chi connectivity index (χ4v) is 4.27. The lowest BCUT2D eigenvalue weighted by atomic mass is 10.0. The number of anilines is 1. The molecule has 200 valence electrons. The van der Waals surface area contributed by atoms with Crippen molar-refractivity contribution in [2.45, 2.75) is 6.61 Å². The van der Waals surface area contributed by atoms with Crippen LogP contribution in [0.25, 0.3) is 22.3 Å². The van der Waals surface area contributed by atoms with Crippen LogP contribution in [0.15, 0.2) is 59.0 Å². The molecule has 1 aromatic heterocycles. The van der Waals surface area contributed by atoms with Gasteiger partial charge in [0.15, 0.2) is 9.84 Å². The fraction of sp³-hybridized carbons (Fsp3) is 0.222. The van der Waals surface area contributed by atoms with Crippen molar-refractivity contribution < 1.29 is 36.2 Å². The molecule has 4 rings (SSSR count). The number of nitrogens with one attached hydrogen (secondary N) is 2. The number of amides is 1. The monoisotopic (exact) mass is 542 g/mol. The van der Waals surface area contributed by atoms with Gasteiger partial charge < -0.3 is 29.3 Å². The minimum Gasteiger partial charge on any atom is -0.497 e. The smallest absolute Gasteiger partial charge is 0.255 e. The van der Waals surface area contributed by atoms with Gasteiger partial charge in [0.05, 0.1) is 25.5 Å². The van der Waals surface area contributed by atoms with Gasteiger partial charge in [-0.2, -0.15) is 0 Å². The number of carbonyl (C=O) groups is 1. The van der Waals surface area contributed by atoms with Gasteiger partial charge in [-0.15, -0.1) is 0 Å². The van der Waals surface area contributed by atoms with E-state index in [2.05, 4.69) is 10.6 Å². The maximum atomic E-state index is 13.5. The molecule has 38 heavy (non-hydrogen) atoms. The van der Waals surface area contributed by atoms with Crippen molar-refractivity contribution in [3.63, 3.8) is 0 Å². The first-order valence-electron chi connectivity index (χ1n) is 11.5. The minimum absolute atomic E-state index is 0.0879. The van der Waals surface area contributed by atoms with Crippen molar-refractivity contribution >= 4 is 32.4 Å². The van der Waals surface area contributed by atoms with Crippen LogP contribution in [-0.2, 0) is 16.4 Å². The Hall–Kier alpha value is -4.25. The van der Waals surface area contributed by atoms with E-state index in [-0.39, 0.29) is 23.8 Å². The van der Waals surface area contributed by atoms with Crippen LogP contribution < -0.4 is 24.8 Å². The summed E-state index contributed by atoms with van der Waals surface area (Å²) >= 11 is 0. The van der Waals surface area contributed by atoms with Gasteiger partial charge in [-0.05, 0) is 48.0 Å². The Labute approximate surface area is 219 Å². The molecule has 9 nitrogen and oxygen atoms in total. The summed E-state index contributed by atoms with van der Waals surface area (Å²) in [5, 5.41) is 5.92. The van der Waals surface area contributed by atoms with Gasteiger partial charge >= 0.3 is 0 Å². The zero-order chi connectivity index (χ0) is 27.4. The lowest BCUT2D eigenvalue weighted by Gasteiger charge is -2.14. The number of furan rings is 1. The standard InChI is InChI=1S/C27H27FN2O7S/c1-29-27(31)25-21-12-24(36-14-16-9-19(34-2)11-20(10-16)35-3)22(30-15-38(4,32)33)13-23(21)37-26(25)17-5-7-18(28)8-6-17/h5-13,30H,14-15H2,1-4H3,(H,29,31). The van der Waals surface area contributed by atoms with Crippen LogP contribution >= 0.6 is 0 Å². The first-order valence-corrected chi connectivity index (χ1v) is 13.5. The summed E-state index contributed by atoms with van der Waals surface area (Å²) in [7, 11) is 1.20. The highest BCUT2D eigenvalue weighted by Crippen LogP contribution is 2.39. The molecule has 0 unspecified atom stereocenters. The van der Waals surface area contributed by atoms with Crippen molar-refractivity contribution in [2.75, 3.05) is 38.7 Å². The van der Waals surface area contributed by atoms with Crippen LogP contribution in [-0.4, -0.2) is 47.7 Å². The maximum Gasteiger partial charge on any atom is 0.255 e. The number of hydrogen-bond donors (Lipinski definition) is 2. The topological polar surface area (TPSA) is 116 Å². The molecule has 0 spiro atoms. The largest absolute Gasteiger partial charge is 0.497 e. The zero-order valence-corrected chi connectivity index (χ0v) is 22.1. The van der Waals surface area contributed by atoms with Gasteiger partial charge in [-0.1, -0.05) is 0 Å². The number of rotatable bonds is 10. The third-order valence-corrected chi connectivity index (χ3v) is 6.35. The van der Waals surface area contributed by atoms with Crippen LogP contribution in [0.5, 0.6) is 17.2 Å². The number of halogens is 1. The summed E-state index contributed by atoms with van der Waals surface area (Å²) in [6.45, 7) is 0.0879. The molecule has 0 aliphatic carbocycles. The van der Waals surface area contributed by atoms with Gasteiger partial charge in [0.1, 0.15) is 46.9 Å². The number of ether oxygens (including phenoxy) is 3. The maximum absolute atomic E-state index is 13.5. The number of carbonyl (C=O) groups excluding carboxylic acids is 1. The molecule has 0 saturated carbocycles. The minimum atomic E-state index is -3.37. The van der Waals surface area contributed by atoms with Crippen LogP contribution in [0.4, 0.5) is 10.1 Å². The van der Waals surface area contributed by atoms with Crippen LogP contribution in [0, 0.1) is 5.82 Å². The number of hydrogen-bond acceptors (Lipinski definition) is 8. The van der Waals surface area contributed by atoms with Gasteiger partial charge in [0.2, 0.25) is 0 Å². The van der Waals surface area contributed by atoms with Gasteiger partial charge in [0.25, 0.3) is 5.91 Å². The summed E-state index contributed by atoms with van der Waals surface area (Å²) in [6, 6.07) is 14.0. The molecule has 0 atom stereocenters. The average molecular weight is 543 g/mol. The van der Waals surface area contributed by atoms with E-state index < -0.39 is 21.6 Å². The first-order chi connectivity index (χ1) is 18.1. The van der Waals surface area contributed by atoms with E-state index in [9.17, 15) is 17.6 Å². The molecule has 3 aromatic carbocycles. The highest BCUT2D eigenvalue weighted by molar-refractivity contribution is 7.90. The number of benzene rings is 3. The Kier molecular flexibility index (Phi) is 7.77. The van der Waals surface area contributed by atoms with Crippen molar-refractivity contribution in [1.29, 1.82) is 0 Å². The molecular formula is C27H27FN2O7S. The number of sulfone groups is 1. The van der Waals surface area contributed by atoms with Crippen LogP contribution in [0.3, 0.4) is 0 Å². The van der Waals surface area contributed by atoms with Crippen molar-refractivity contribution in [1.82, 2.24) is 5.32 Å². The summed E-state index contributed by atoms with van der Waals surface area (Å²) in [5.41, 5.74) is 2.13. The quantitative estimate of drug-likeness (QED) is 0.299. The molecular weight excluding hydrogens is 515 g/mol. The molecule has 0 saturated heterocycles. The van der Waals surface area contributed by atoms with E-state index in [4.69, 9.17) is 18.6 Å². The summed E-state index contributed by atoms with van der Waals surface area (Å²) in [4.78, 5) is 12.9. The zero-order valence-electron chi connectivity index (χ0n) is 21.3. The Morgan fingerprint density at radius 1 is 1.00 bits per heavy atom. The van der Waals surface area contributed by atoms with Gasteiger partial charge in [-0.25, -0.2) is 12.8 Å². The molecule has 0 aliphatic heterocycles. The predicted molar refractivity (Wildman–Crippen MR) is 142 cm³/mol. The summed E-state index contributed by atoms with van der Waals surface area (Å²) in [6.07, 6.45) is 1.10. The van der Waals surface area contributed by atoms with Gasteiger partial charge in [0, 0.05) is 36.4 Å². The molecule has 0 fully saturated rings.